The van der Waals surface area contributed by atoms with E-state index in [2.05, 4.69) is 20.5 Å². The van der Waals surface area contributed by atoms with E-state index < -0.39 is 17.3 Å². The summed E-state index contributed by atoms with van der Waals surface area (Å²) in [6.45, 7) is 1.45. The minimum Gasteiger partial charge on any atom is -0.402 e. The van der Waals surface area contributed by atoms with Gasteiger partial charge < -0.3 is 19.6 Å². The number of likely N-dealkylation sites (tertiary alicyclic amines) is 1. The fourth-order valence-corrected chi connectivity index (χ4v) is 3.40. The number of rotatable bonds is 4. The van der Waals surface area contributed by atoms with Crippen molar-refractivity contribution in [2.75, 3.05) is 25.0 Å². The molecule has 0 bridgehead atoms. The Morgan fingerprint density at radius 3 is 2.54 bits per heavy atom. The van der Waals surface area contributed by atoms with Gasteiger partial charge in [0.05, 0.1) is 6.54 Å². The van der Waals surface area contributed by atoms with E-state index in [4.69, 9.17) is 4.42 Å². The number of anilines is 1. The zero-order valence-electron chi connectivity index (χ0n) is 14.8. The van der Waals surface area contributed by atoms with E-state index in [1.165, 1.54) is 12.8 Å². The van der Waals surface area contributed by atoms with Gasteiger partial charge in [0, 0.05) is 13.1 Å². The number of aromatic amines is 1. The lowest BCUT2D eigenvalue weighted by Gasteiger charge is -2.32. The van der Waals surface area contributed by atoms with Gasteiger partial charge in [-0.05, 0) is 43.2 Å². The lowest BCUT2D eigenvalue weighted by molar-refractivity contribution is -0.138. The Labute approximate surface area is 157 Å². The number of piperidine rings is 1. The summed E-state index contributed by atoms with van der Waals surface area (Å²) >= 11 is 0. The van der Waals surface area contributed by atoms with Crippen LogP contribution in [0.1, 0.15) is 31.2 Å². The molecule has 1 saturated carbocycles. The summed E-state index contributed by atoms with van der Waals surface area (Å²) in [7, 11) is 0. The van der Waals surface area contributed by atoms with Crippen molar-refractivity contribution in [2.24, 2.45) is 5.41 Å². The molecule has 1 amide bonds. The number of hydrogen-bond donors (Lipinski definition) is 2. The summed E-state index contributed by atoms with van der Waals surface area (Å²) in [6, 6.07) is 1.63. The standard InChI is InChI=1S/C17H18F3N5O3/c18-17(19,20)10-1-2-11(22-13(10)27)14-23-24-15(28-14)21-9-12(26)25-7-5-16(3-4-16)6-8-25/h1-2H,3-9H2,(H,21,24)(H,22,27). The molecular formula is C17H18F3N5O3. The Balaban J connectivity index is 1.36. The molecular weight excluding hydrogens is 379 g/mol. The van der Waals surface area contributed by atoms with Gasteiger partial charge in [-0.2, -0.15) is 13.2 Å². The highest BCUT2D eigenvalue weighted by Crippen LogP contribution is 2.53. The minimum absolute atomic E-state index is 0.0296. The van der Waals surface area contributed by atoms with Gasteiger partial charge in [-0.3, -0.25) is 9.59 Å². The Bertz CT molecular complexity index is 938. The van der Waals surface area contributed by atoms with Crippen LogP contribution in [0.2, 0.25) is 0 Å². The van der Waals surface area contributed by atoms with E-state index in [-0.39, 0.29) is 30.1 Å². The van der Waals surface area contributed by atoms with Gasteiger partial charge >= 0.3 is 12.2 Å². The number of alkyl halides is 3. The molecule has 2 aromatic rings. The van der Waals surface area contributed by atoms with Crippen LogP contribution < -0.4 is 10.9 Å². The smallest absolute Gasteiger partial charge is 0.402 e. The molecule has 2 fully saturated rings. The molecule has 1 aliphatic heterocycles. The topological polar surface area (TPSA) is 104 Å². The second kappa shape index (κ2) is 6.64. The second-order valence-corrected chi connectivity index (χ2v) is 7.26. The molecule has 28 heavy (non-hydrogen) atoms. The average Bonchev–Trinajstić information content (AvgIpc) is 3.22. The SMILES string of the molecule is O=C(CNc1nnc(-c2ccc(C(F)(F)F)c(=O)[nH]2)o1)N1CCC2(CC1)CC2. The van der Waals surface area contributed by atoms with Gasteiger partial charge in [0.1, 0.15) is 11.3 Å². The van der Waals surface area contributed by atoms with E-state index in [0.29, 0.717) is 11.5 Å². The zero-order valence-corrected chi connectivity index (χ0v) is 14.8. The first kappa shape index (κ1) is 18.5. The van der Waals surface area contributed by atoms with Crippen molar-refractivity contribution >= 4 is 11.9 Å². The second-order valence-electron chi connectivity index (χ2n) is 7.26. The van der Waals surface area contributed by atoms with Crippen molar-refractivity contribution in [1.29, 1.82) is 0 Å². The highest BCUT2D eigenvalue weighted by atomic mass is 19.4. The number of H-pyrrole nitrogens is 1. The van der Waals surface area contributed by atoms with E-state index in [1.54, 1.807) is 4.90 Å². The monoisotopic (exact) mass is 397 g/mol. The Hall–Kier alpha value is -2.85. The Kier molecular flexibility index (Phi) is 4.39. The molecule has 0 unspecified atom stereocenters. The molecule has 0 aromatic carbocycles. The molecule has 1 saturated heterocycles. The van der Waals surface area contributed by atoms with Crippen LogP contribution in [0.3, 0.4) is 0 Å². The molecule has 4 rings (SSSR count). The van der Waals surface area contributed by atoms with Crippen LogP contribution in [0.4, 0.5) is 19.2 Å². The molecule has 0 atom stereocenters. The fourth-order valence-electron chi connectivity index (χ4n) is 3.40. The van der Waals surface area contributed by atoms with Crippen molar-refractivity contribution in [3.05, 3.63) is 28.0 Å². The Morgan fingerprint density at radius 1 is 1.21 bits per heavy atom. The van der Waals surface area contributed by atoms with Gasteiger partial charge in [0.15, 0.2) is 0 Å². The number of nitrogens with zero attached hydrogens (tertiary/aromatic N) is 3. The van der Waals surface area contributed by atoms with E-state index in [0.717, 1.165) is 32.0 Å². The van der Waals surface area contributed by atoms with Crippen LogP contribution in [-0.4, -0.2) is 45.6 Å². The molecule has 150 valence electrons. The van der Waals surface area contributed by atoms with Gasteiger partial charge in [0.25, 0.3) is 11.4 Å². The van der Waals surface area contributed by atoms with Crippen molar-refractivity contribution in [3.8, 4) is 11.6 Å². The van der Waals surface area contributed by atoms with Crippen LogP contribution in [-0.2, 0) is 11.0 Å². The largest absolute Gasteiger partial charge is 0.421 e. The van der Waals surface area contributed by atoms with Crippen molar-refractivity contribution in [2.45, 2.75) is 31.9 Å². The molecule has 11 heteroatoms. The van der Waals surface area contributed by atoms with Crippen molar-refractivity contribution in [1.82, 2.24) is 20.1 Å². The van der Waals surface area contributed by atoms with E-state index >= 15 is 0 Å². The minimum atomic E-state index is -4.75. The first-order valence-electron chi connectivity index (χ1n) is 8.92. The first-order valence-corrected chi connectivity index (χ1v) is 8.92. The van der Waals surface area contributed by atoms with Crippen molar-refractivity contribution in [3.63, 3.8) is 0 Å². The predicted molar refractivity (Wildman–Crippen MR) is 91.3 cm³/mol. The number of aromatic nitrogens is 3. The third kappa shape index (κ3) is 3.73. The third-order valence-electron chi connectivity index (χ3n) is 5.40. The quantitative estimate of drug-likeness (QED) is 0.820. The van der Waals surface area contributed by atoms with E-state index in [1.807, 2.05) is 0 Å². The number of nitrogens with one attached hydrogen (secondary N) is 2. The molecule has 8 nitrogen and oxygen atoms in total. The molecule has 2 aliphatic rings. The van der Waals surface area contributed by atoms with Crippen LogP contribution in [0.15, 0.2) is 21.3 Å². The zero-order chi connectivity index (χ0) is 19.9. The number of carbonyl (C=O) groups excluding carboxylic acids is 1. The van der Waals surface area contributed by atoms with Crippen LogP contribution in [0.25, 0.3) is 11.6 Å². The van der Waals surface area contributed by atoms with Crippen molar-refractivity contribution < 1.29 is 22.4 Å². The number of halogens is 3. The van der Waals surface area contributed by atoms with Gasteiger partial charge in [0.2, 0.25) is 5.91 Å². The van der Waals surface area contributed by atoms with E-state index in [9.17, 15) is 22.8 Å². The Morgan fingerprint density at radius 2 is 1.93 bits per heavy atom. The lowest BCUT2D eigenvalue weighted by Crippen LogP contribution is -2.41. The average molecular weight is 397 g/mol. The summed E-state index contributed by atoms with van der Waals surface area (Å²) in [5.41, 5.74) is -2.18. The number of amides is 1. The number of pyridine rings is 1. The normalized spacial score (nSPS) is 18.3. The molecule has 2 N–H and O–H groups in total. The molecule has 2 aromatic heterocycles. The highest BCUT2D eigenvalue weighted by molar-refractivity contribution is 5.80. The number of hydrogen-bond acceptors (Lipinski definition) is 6. The van der Waals surface area contributed by atoms with Crippen LogP contribution in [0, 0.1) is 5.41 Å². The first-order chi connectivity index (χ1) is 13.3. The van der Waals surface area contributed by atoms with Gasteiger partial charge in [-0.25, -0.2) is 0 Å². The molecule has 1 aliphatic carbocycles. The van der Waals surface area contributed by atoms with Crippen LogP contribution in [0.5, 0.6) is 0 Å². The van der Waals surface area contributed by atoms with Gasteiger partial charge in [-0.1, -0.05) is 5.10 Å². The highest BCUT2D eigenvalue weighted by Gasteiger charge is 2.45. The third-order valence-corrected chi connectivity index (χ3v) is 5.40. The maximum Gasteiger partial charge on any atom is 0.421 e. The maximum absolute atomic E-state index is 12.6. The molecule has 1 spiro atoms. The summed E-state index contributed by atoms with van der Waals surface area (Å²) < 4.78 is 43.2. The molecule has 3 heterocycles. The lowest BCUT2D eigenvalue weighted by atomic mass is 9.94. The predicted octanol–water partition coefficient (Wildman–Crippen LogP) is 2.26. The summed E-state index contributed by atoms with van der Waals surface area (Å²) in [5, 5.41) is 10.1. The molecule has 0 radical (unpaired) electrons. The van der Waals surface area contributed by atoms with Gasteiger partial charge in [-0.15, -0.1) is 5.10 Å². The fraction of sp³-hybridized carbons (Fsp3) is 0.529. The number of carbonyl (C=O) groups is 1. The summed E-state index contributed by atoms with van der Waals surface area (Å²) in [5.74, 6) is -0.243. The summed E-state index contributed by atoms with van der Waals surface area (Å²) in [4.78, 5) is 27.7. The summed E-state index contributed by atoms with van der Waals surface area (Å²) in [6.07, 6.45) is -0.175. The maximum atomic E-state index is 12.6. The van der Waals surface area contributed by atoms with Crippen LogP contribution >= 0.6 is 0 Å².